The second-order valence-corrected chi connectivity index (χ2v) is 10.8. The van der Waals surface area contributed by atoms with E-state index in [1.807, 2.05) is 6.92 Å². The van der Waals surface area contributed by atoms with Crippen LogP contribution in [-0.2, 0) is 32.3 Å². The molecule has 11 heteroatoms. The van der Waals surface area contributed by atoms with Crippen LogP contribution in [0.2, 0.25) is 0 Å². The van der Waals surface area contributed by atoms with Crippen molar-refractivity contribution in [3.63, 3.8) is 0 Å². The van der Waals surface area contributed by atoms with Crippen LogP contribution in [0, 0.1) is 11.8 Å². The molecule has 0 aliphatic carbocycles. The van der Waals surface area contributed by atoms with E-state index in [0.717, 1.165) is 32.1 Å². The van der Waals surface area contributed by atoms with E-state index >= 15 is 0 Å². The number of primary amides is 1. The fourth-order valence-corrected chi connectivity index (χ4v) is 4.01. The number of amides is 4. The SMILES string of the molecule is CCCN(CC(=O)N(CC(N)=O)Cc1cn(CCCNC(=O)CCCC(C)C)nn1)C(=O)CCCC(C)C. The molecule has 1 aromatic rings. The summed E-state index contributed by atoms with van der Waals surface area (Å²) in [5, 5.41) is 11.1. The summed E-state index contributed by atoms with van der Waals surface area (Å²) in [6.45, 7) is 11.7. The van der Waals surface area contributed by atoms with Crippen molar-refractivity contribution in [2.45, 2.75) is 99.1 Å². The van der Waals surface area contributed by atoms with Gasteiger partial charge in [0.15, 0.2) is 0 Å². The van der Waals surface area contributed by atoms with Gasteiger partial charge in [0.2, 0.25) is 23.6 Å². The second-order valence-electron chi connectivity index (χ2n) is 10.8. The highest BCUT2D eigenvalue weighted by Crippen LogP contribution is 2.10. The zero-order valence-corrected chi connectivity index (χ0v) is 24.1. The van der Waals surface area contributed by atoms with Crippen LogP contribution in [0.4, 0.5) is 0 Å². The van der Waals surface area contributed by atoms with Crippen molar-refractivity contribution >= 4 is 23.6 Å². The molecule has 1 heterocycles. The fraction of sp³-hybridized carbons (Fsp3) is 0.778. The lowest BCUT2D eigenvalue weighted by molar-refractivity contribution is -0.142. The minimum absolute atomic E-state index is 0.0565. The van der Waals surface area contributed by atoms with E-state index < -0.39 is 5.91 Å². The molecule has 0 spiro atoms. The predicted octanol–water partition coefficient (Wildman–Crippen LogP) is 2.49. The Balaban J connectivity index is 2.62. The first-order chi connectivity index (χ1) is 18.0. The van der Waals surface area contributed by atoms with Crippen molar-refractivity contribution in [1.82, 2.24) is 30.1 Å². The first-order valence-electron chi connectivity index (χ1n) is 14.0. The van der Waals surface area contributed by atoms with Crippen LogP contribution in [0.25, 0.3) is 0 Å². The minimum Gasteiger partial charge on any atom is -0.368 e. The molecule has 4 amide bonds. The molecule has 1 aromatic heterocycles. The molecule has 0 saturated carbocycles. The van der Waals surface area contributed by atoms with Crippen LogP contribution in [0.3, 0.4) is 0 Å². The lowest BCUT2D eigenvalue weighted by Crippen LogP contribution is -2.45. The highest BCUT2D eigenvalue weighted by molar-refractivity contribution is 5.87. The van der Waals surface area contributed by atoms with Crippen LogP contribution >= 0.6 is 0 Å². The number of nitrogens with zero attached hydrogens (tertiary/aromatic N) is 5. The number of rotatable bonds is 20. The maximum absolute atomic E-state index is 13.1. The molecule has 11 nitrogen and oxygen atoms in total. The van der Waals surface area contributed by atoms with Crippen LogP contribution in [-0.4, -0.2) is 74.6 Å². The molecule has 1 rings (SSSR count). The van der Waals surface area contributed by atoms with Gasteiger partial charge in [-0.15, -0.1) is 5.10 Å². The van der Waals surface area contributed by atoms with Crippen LogP contribution < -0.4 is 11.1 Å². The average Bonchev–Trinajstić information content (AvgIpc) is 3.27. The third-order valence-electron chi connectivity index (χ3n) is 6.05. The highest BCUT2D eigenvalue weighted by atomic mass is 16.2. The molecule has 0 aliphatic rings. The van der Waals surface area contributed by atoms with Crippen LogP contribution in [0.5, 0.6) is 0 Å². The summed E-state index contributed by atoms with van der Waals surface area (Å²) in [7, 11) is 0. The van der Waals surface area contributed by atoms with E-state index in [2.05, 4.69) is 43.3 Å². The van der Waals surface area contributed by atoms with Crippen molar-refractivity contribution < 1.29 is 19.2 Å². The summed E-state index contributed by atoms with van der Waals surface area (Å²) < 4.78 is 1.65. The predicted molar refractivity (Wildman–Crippen MR) is 147 cm³/mol. The summed E-state index contributed by atoms with van der Waals surface area (Å²) in [4.78, 5) is 52.2. The number of carbonyl (C=O) groups excluding carboxylic acids is 4. The van der Waals surface area contributed by atoms with Gasteiger partial charge in [-0.05, 0) is 37.5 Å². The topological polar surface area (TPSA) is 144 Å². The lowest BCUT2D eigenvalue weighted by Gasteiger charge is -2.26. The van der Waals surface area contributed by atoms with Crippen molar-refractivity contribution in [2.24, 2.45) is 17.6 Å². The molecular weight excluding hydrogens is 486 g/mol. The standard InChI is InChI=1S/C27H49N7O4/c1-6-15-32(26(37)13-8-11-22(4)5)20-27(38)33(19-24(28)35)17-23-18-34(31-30-23)16-9-14-29-25(36)12-7-10-21(2)3/h18,21-22H,6-17,19-20H2,1-5H3,(H2,28,35)(H,29,36). The van der Waals surface area contributed by atoms with Gasteiger partial charge in [-0.2, -0.15) is 0 Å². The molecule has 0 bridgehead atoms. The maximum atomic E-state index is 13.1. The van der Waals surface area contributed by atoms with Crippen molar-refractivity contribution in [3.8, 4) is 0 Å². The Morgan fingerprint density at radius 3 is 2.21 bits per heavy atom. The summed E-state index contributed by atoms with van der Waals surface area (Å²) in [6.07, 6.45) is 7.72. The number of aryl methyl sites for hydroxylation is 1. The van der Waals surface area contributed by atoms with E-state index in [1.54, 1.807) is 15.8 Å². The Labute approximate surface area is 227 Å². The average molecular weight is 536 g/mol. The zero-order valence-electron chi connectivity index (χ0n) is 24.1. The Morgan fingerprint density at radius 2 is 1.61 bits per heavy atom. The Hall–Kier alpha value is -2.98. The molecule has 0 aromatic carbocycles. The Morgan fingerprint density at radius 1 is 0.947 bits per heavy atom. The molecule has 3 N–H and O–H groups in total. The number of nitrogens with one attached hydrogen (secondary N) is 1. The number of carbonyl (C=O) groups is 4. The smallest absolute Gasteiger partial charge is 0.243 e. The van der Waals surface area contributed by atoms with Gasteiger partial charge in [0.1, 0.15) is 5.69 Å². The van der Waals surface area contributed by atoms with E-state index in [0.29, 0.717) is 56.4 Å². The highest BCUT2D eigenvalue weighted by Gasteiger charge is 2.23. The summed E-state index contributed by atoms with van der Waals surface area (Å²) in [6, 6.07) is 0. The summed E-state index contributed by atoms with van der Waals surface area (Å²) >= 11 is 0. The van der Waals surface area contributed by atoms with E-state index in [-0.39, 0.29) is 37.4 Å². The lowest BCUT2D eigenvalue weighted by atomic mass is 10.1. The summed E-state index contributed by atoms with van der Waals surface area (Å²) in [5.74, 6) is 0.112. The van der Waals surface area contributed by atoms with Gasteiger partial charge < -0.3 is 20.9 Å². The number of aromatic nitrogens is 3. The van der Waals surface area contributed by atoms with Gasteiger partial charge in [-0.1, -0.05) is 52.7 Å². The van der Waals surface area contributed by atoms with Crippen LogP contribution in [0.1, 0.15) is 91.7 Å². The molecule has 0 saturated heterocycles. The van der Waals surface area contributed by atoms with E-state index in [1.165, 1.54) is 4.90 Å². The largest absolute Gasteiger partial charge is 0.368 e. The zero-order chi connectivity index (χ0) is 28.5. The molecular formula is C27H49N7O4. The third-order valence-corrected chi connectivity index (χ3v) is 6.05. The molecule has 0 radical (unpaired) electrons. The fourth-order valence-electron chi connectivity index (χ4n) is 4.01. The van der Waals surface area contributed by atoms with Gasteiger partial charge in [0.05, 0.1) is 25.8 Å². The Kier molecular flexibility index (Phi) is 15.9. The van der Waals surface area contributed by atoms with Gasteiger partial charge in [0.25, 0.3) is 0 Å². The molecule has 0 aliphatic heterocycles. The third kappa shape index (κ3) is 14.7. The number of hydrogen-bond donors (Lipinski definition) is 2. The molecule has 0 atom stereocenters. The monoisotopic (exact) mass is 535 g/mol. The van der Waals surface area contributed by atoms with Gasteiger partial charge >= 0.3 is 0 Å². The van der Waals surface area contributed by atoms with Crippen molar-refractivity contribution in [1.29, 1.82) is 0 Å². The summed E-state index contributed by atoms with van der Waals surface area (Å²) in [5.41, 5.74) is 5.91. The maximum Gasteiger partial charge on any atom is 0.243 e. The normalized spacial score (nSPS) is 11.1. The molecule has 38 heavy (non-hydrogen) atoms. The van der Waals surface area contributed by atoms with Gasteiger partial charge in [-0.25, -0.2) is 0 Å². The Bertz CT molecular complexity index is 869. The first kappa shape index (κ1) is 33.0. The molecule has 0 fully saturated rings. The van der Waals surface area contributed by atoms with Gasteiger partial charge in [-0.3, -0.25) is 23.9 Å². The number of hydrogen-bond acceptors (Lipinski definition) is 6. The molecule has 0 unspecified atom stereocenters. The molecule has 216 valence electrons. The minimum atomic E-state index is -0.639. The van der Waals surface area contributed by atoms with Gasteiger partial charge in [0, 0.05) is 32.5 Å². The van der Waals surface area contributed by atoms with Crippen LogP contribution in [0.15, 0.2) is 6.20 Å². The van der Waals surface area contributed by atoms with E-state index in [4.69, 9.17) is 5.73 Å². The van der Waals surface area contributed by atoms with Crippen molar-refractivity contribution in [3.05, 3.63) is 11.9 Å². The van der Waals surface area contributed by atoms with Crippen molar-refractivity contribution in [2.75, 3.05) is 26.2 Å². The quantitative estimate of drug-likeness (QED) is 0.246. The van der Waals surface area contributed by atoms with E-state index in [9.17, 15) is 19.2 Å². The second kappa shape index (κ2) is 18.3. The first-order valence-corrected chi connectivity index (χ1v) is 14.0. The number of nitrogens with two attached hydrogens (primary N) is 1.